The molecule has 1 aromatic rings. The number of fused-ring (bicyclic) bond motifs is 1. The minimum absolute atomic E-state index is 0.619. The van der Waals surface area contributed by atoms with Gasteiger partial charge in [-0.1, -0.05) is 6.92 Å². The number of hydrogen-bond donors (Lipinski definition) is 1. The first-order valence-electron chi connectivity index (χ1n) is 7.79. The smallest absolute Gasteiger partial charge is 0.0376 e. The van der Waals surface area contributed by atoms with Gasteiger partial charge in [0, 0.05) is 30.0 Å². The highest BCUT2D eigenvalue weighted by Crippen LogP contribution is 2.32. The fourth-order valence-electron chi connectivity index (χ4n) is 3.61. The predicted octanol–water partition coefficient (Wildman–Crippen LogP) is 4.06. The Morgan fingerprint density at radius 3 is 2.79 bits per heavy atom. The summed E-state index contributed by atoms with van der Waals surface area (Å²) in [6.07, 6.45) is 5.13. The summed E-state index contributed by atoms with van der Waals surface area (Å²) < 4.78 is 0. The van der Waals surface area contributed by atoms with E-state index in [4.69, 9.17) is 0 Å². The van der Waals surface area contributed by atoms with Crippen molar-refractivity contribution in [3.05, 3.63) is 23.8 Å². The van der Waals surface area contributed by atoms with Crippen LogP contribution in [0, 0.1) is 5.92 Å². The Balaban J connectivity index is 1.82. The van der Waals surface area contributed by atoms with E-state index in [1.54, 1.807) is 0 Å². The van der Waals surface area contributed by atoms with Crippen LogP contribution in [0.2, 0.25) is 0 Å². The maximum Gasteiger partial charge on any atom is 0.0376 e. The molecule has 0 amide bonds. The lowest BCUT2D eigenvalue weighted by atomic mass is 9.92. The molecule has 3 unspecified atom stereocenters. The Morgan fingerprint density at radius 1 is 1.16 bits per heavy atom. The third-order valence-electron chi connectivity index (χ3n) is 4.81. The van der Waals surface area contributed by atoms with Gasteiger partial charge in [-0.25, -0.2) is 0 Å². The van der Waals surface area contributed by atoms with Crippen molar-refractivity contribution < 1.29 is 0 Å². The van der Waals surface area contributed by atoms with Crippen LogP contribution in [0.15, 0.2) is 18.2 Å². The first-order valence-corrected chi connectivity index (χ1v) is 7.79. The van der Waals surface area contributed by atoms with E-state index in [9.17, 15) is 0 Å². The van der Waals surface area contributed by atoms with Crippen molar-refractivity contribution in [1.29, 1.82) is 0 Å². The SMILES string of the molecule is CC1CCN(c2ccc3c(c2)CCC(C)N3)C(C)C1. The zero-order valence-electron chi connectivity index (χ0n) is 12.4. The summed E-state index contributed by atoms with van der Waals surface area (Å²) in [5, 5.41) is 3.59. The number of hydrogen-bond acceptors (Lipinski definition) is 2. The molecule has 0 spiro atoms. The van der Waals surface area contributed by atoms with Gasteiger partial charge in [-0.15, -0.1) is 0 Å². The molecule has 2 nitrogen and oxygen atoms in total. The summed E-state index contributed by atoms with van der Waals surface area (Å²) >= 11 is 0. The molecule has 3 atom stereocenters. The van der Waals surface area contributed by atoms with Crippen LogP contribution in [0.3, 0.4) is 0 Å². The molecule has 2 heterocycles. The zero-order valence-corrected chi connectivity index (χ0v) is 12.4. The van der Waals surface area contributed by atoms with Gasteiger partial charge in [-0.05, 0) is 69.2 Å². The first-order chi connectivity index (χ1) is 9.13. The number of nitrogens with one attached hydrogen (secondary N) is 1. The van der Waals surface area contributed by atoms with Crippen LogP contribution < -0.4 is 10.2 Å². The second kappa shape index (κ2) is 5.07. The fraction of sp³-hybridized carbons (Fsp3) is 0.647. The average molecular weight is 258 g/mol. The van der Waals surface area contributed by atoms with Crippen molar-refractivity contribution in [3.8, 4) is 0 Å². The van der Waals surface area contributed by atoms with E-state index >= 15 is 0 Å². The van der Waals surface area contributed by atoms with E-state index in [0.717, 1.165) is 5.92 Å². The minimum Gasteiger partial charge on any atom is -0.382 e. The highest BCUT2D eigenvalue weighted by atomic mass is 15.2. The van der Waals surface area contributed by atoms with Gasteiger partial charge in [0.05, 0.1) is 0 Å². The van der Waals surface area contributed by atoms with Gasteiger partial charge in [-0.3, -0.25) is 0 Å². The lowest BCUT2D eigenvalue weighted by molar-refractivity contribution is 0.378. The summed E-state index contributed by atoms with van der Waals surface area (Å²) in [5.41, 5.74) is 4.27. The molecular formula is C17H26N2. The molecule has 2 aliphatic rings. The molecule has 0 saturated carbocycles. The van der Waals surface area contributed by atoms with E-state index in [0.29, 0.717) is 12.1 Å². The monoisotopic (exact) mass is 258 g/mol. The van der Waals surface area contributed by atoms with Gasteiger partial charge in [0.25, 0.3) is 0 Å². The Kier molecular flexibility index (Phi) is 3.42. The van der Waals surface area contributed by atoms with Crippen molar-refractivity contribution in [2.45, 2.75) is 58.5 Å². The van der Waals surface area contributed by atoms with Crippen LogP contribution in [0.4, 0.5) is 11.4 Å². The number of aryl methyl sites for hydroxylation is 1. The lowest BCUT2D eigenvalue weighted by Gasteiger charge is -2.39. The Bertz CT molecular complexity index is 455. The van der Waals surface area contributed by atoms with Crippen molar-refractivity contribution >= 4 is 11.4 Å². The number of rotatable bonds is 1. The second-order valence-electron chi connectivity index (χ2n) is 6.60. The molecule has 104 valence electrons. The Hall–Kier alpha value is -1.18. The molecule has 3 rings (SSSR count). The summed E-state index contributed by atoms with van der Waals surface area (Å²) in [7, 11) is 0. The van der Waals surface area contributed by atoms with Gasteiger partial charge < -0.3 is 10.2 Å². The third kappa shape index (κ3) is 2.58. The number of piperidine rings is 1. The van der Waals surface area contributed by atoms with E-state index in [2.05, 4.69) is 49.2 Å². The average Bonchev–Trinajstić information content (AvgIpc) is 2.38. The topological polar surface area (TPSA) is 15.3 Å². The molecule has 0 aromatic heterocycles. The van der Waals surface area contributed by atoms with Crippen LogP contribution >= 0.6 is 0 Å². The molecule has 1 saturated heterocycles. The molecule has 1 fully saturated rings. The van der Waals surface area contributed by atoms with Gasteiger partial charge in [0.15, 0.2) is 0 Å². The maximum absolute atomic E-state index is 3.59. The number of anilines is 2. The Labute approximate surface area is 117 Å². The Morgan fingerprint density at radius 2 is 2.00 bits per heavy atom. The molecule has 19 heavy (non-hydrogen) atoms. The zero-order chi connectivity index (χ0) is 13.4. The highest BCUT2D eigenvalue weighted by molar-refractivity contribution is 5.62. The molecule has 0 bridgehead atoms. The molecule has 0 radical (unpaired) electrons. The summed E-state index contributed by atoms with van der Waals surface area (Å²) in [6, 6.07) is 8.30. The largest absolute Gasteiger partial charge is 0.382 e. The van der Waals surface area contributed by atoms with Crippen LogP contribution in [0.5, 0.6) is 0 Å². The summed E-state index contributed by atoms with van der Waals surface area (Å²) in [4.78, 5) is 2.60. The molecule has 1 aromatic carbocycles. The van der Waals surface area contributed by atoms with E-state index in [1.165, 1.54) is 49.2 Å². The van der Waals surface area contributed by atoms with Gasteiger partial charge in [0.1, 0.15) is 0 Å². The fourth-order valence-corrected chi connectivity index (χ4v) is 3.61. The number of nitrogens with zero attached hydrogens (tertiary/aromatic N) is 1. The van der Waals surface area contributed by atoms with E-state index in [-0.39, 0.29) is 0 Å². The van der Waals surface area contributed by atoms with E-state index in [1.807, 2.05) is 0 Å². The van der Waals surface area contributed by atoms with Crippen LogP contribution in [0.1, 0.15) is 45.6 Å². The van der Waals surface area contributed by atoms with Crippen LogP contribution in [-0.4, -0.2) is 18.6 Å². The van der Waals surface area contributed by atoms with Crippen molar-refractivity contribution in [1.82, 2.24) is 0 Å². The van der Waals surface area contributed by atoms with Crippen molar-refractivity contribution in [2.24, 2.45) is 5.92 Å². The van der Waals surface area contributed by atoms with Crippen molar-refractivity contribution in [3.63, 3.8) is 0 Å². The molecule has 2 heteroatoms. The van der Waals surface area contributed by atoms with Crippen LogP contribution in [0.25, 0.3) is 0 Å². The quantitative estimate of drug-likeness (QED) is 0.817. The molecule has 0 aliphatic carbocycles. The van der Waals surface area contributed by atoms with E-state index < -0.39 is 0 Å². The molecular weight excluding hydrogens is 232 g/mol. The van der Waals surface area contributed by atoms with Gasteiger partial charge in [0.2, 0.25) is 0 Å². The maximum atomic E-state index is 3.59. The number of benzene rings is 1. The predicted molar refractivity (Wildman–Crippen MR) is 83.1 cm³/mol. The first kappa shape index (κ1) is 12.8. The van der Waals surface area contributed by atoms with Crippen molar-refractivity contribution in [2.75, 3.05) is 16.8 Å². The third-order valence-corrected chi connectivity index (χ3v) is 4.81. The normalized spacial score (nSPS) is 30.7. The standard InChI is InChI=1S/C17H26N2/c1-12-8-9-19(14(3)10-12)16-6-7-17-15(11-16)5-4-13(2)18-17/h6-7,11-14,18H,4-5,8-10H2,1-3H3. The minimum atomic E-state index is 0.619. The summed E-state index contributed by atoms with van der Waals surface area (Å²) in [6.45, 7) is 8.23. The lowest BCUT2D eigenvalue weighted by Crippen LogP contribution is -2.40. The summed E-state index contributed by atoms with van der Waals surface area (Å²) in [5.74, 6) is 0.881. The van der Waals surface area contributed by atoms with Crippen LogP contribution in [-0.2, 0) is 6.42 Å². The molecule has 1 N–H and O–H groups in total. The van der Waals surface area contributed by atoms with Gasteiger partial charge >= 0.3 is 0 Å². The molecule has 2 aliphatic heterocycles. The second-order valence-corrected chi connectivity index (χ2v) is 6.60. The van der Waals surface area contributed by atoms with Gasteiger partial charge in [-0.2, -0.15) is 0 Å². The highest BCUT2D eigenvalue weighted by Gasteiger charge is 2.24.